The summed E-state index contributed by atoms with van der Waals surface area (Å²) in [5.74, 6) is 1.80. The second-order valence-corrected chi connectivity index (χ2v) is 5.12. The van der Waals surface area contributed by atoms with E-state index in [1.165, 1.54) is 11.1 Å². The largest absolute Gasteiger partial charge is 0.490 e. The van der Waals surface area contributed by atoms with Crippen molar-refractivity contribution in [2.24, 2.45) is 0 Å². The summed E-state index contributed by atoms with van der Waals surface area (Å²) in [6.07, 6.45) is 1.07. The third-order valence-corrected chi connectivity index (χ3v) is 3.77. The van der Waals surface area contributed by atoms with Crippen molar-refractivity contribution in [2.45, 2.75) is 19.3 Å². The lowest BCUT2D eigenvalue weighted by Crippen LogP contribution is -2.23. The molecule has 106 valence electrons. The van der Waals surface area contributed by atoms with Crippen molar-refractivity contribution in [3.63, 3.8) is 0 Å². The maximum Gasteiger partial charge on any atom is 0.162 e. The van der Waals surface area contributed by atoms with Gasteiger partial charge < -0.3 is 9.47 Å². The van der Waals surface area contributed by atoms with E-state index in [0.29, 0.717) is 36.2 Å². The molecular formula is C18H17NO2. The molecule has 0 spiro atoms. The fourth-order valence-electron chi connectivity index (χ4n) is 2.67. The summed E-state index contributed by atoms with van der Waals surface area (Å²) in [6, 6.07) is 15.9. The van der Waals surface area contributed by atoms with E-state index < -0.39 is 0 Å². The van der Waals surface area contributed by atoms with Gasteiger partial charge in [-0.3, -0.25) is 0 Å². The van der Waals surface area contributed by atoms with Gasteiger partial charge in [0, 0.05) is 12.0 Å². The minimum atomic E-state index is 0.450. The second kappa shape index (κ2) is 5.88. The molecule has 2 aromatic rings. The zero-order valence-electron chi connectivity index (χ0n) is 12.0. The lowest BCUT2D eigenvalue weighted by molar-refractivity contribution is 0.251. The Balaban J connectivity index is 1.70. The predicted molar refractivity (Wildman–Crippen MR) is 80.7 cm³/mol. The lowest BCUT2D eigenvalue weighted by Gasteiger charge is -2.30. The van der Waals surface area contributed by atoms with E-state index in [1.807, 2.05) is 13.0 Å². The fourth-order valence-corrected chi connectivity index (χ4v) is 2.67. The van der Waals surface area contributed by atoms with Crippen LogP contribution in [0.2, 0.25) is 0 Å². The summed E-state index contributed by atoms with van der Waals surface area (Å²) in [6.45, 7) is 3.12. The van der Waals surface area contributed by atoms with E-state index in [0.717, 1.165) is 6.42 Å². The Bertz CT molecular complexity index is 688. The minimum absolute atomic E-state index is 0.450. The van der Waals surface area contributed by atoms with Crippen LogP contribution in [-0.2, 0) is 6.42 Å². The highest BCUT2D eigenvalue weighted by atomic mass is 16.5. The van der Waals surface area contributed by atoms with Crippen LogP contribution >= 0.6 is 0 Å². The monoisotopic (exact) mass is 279 g/mol. The van der Waals surface area contributed by atoms with E-state index in [-0.39, 0.29) is 0 Å². The molecule has 3 nitrogen and oxygen atoms in total. The summed E-state index contributed by atoms with van der Waals surface area (Å²) in [5.41, 5.74) is 3.37. The number of nitriles is 1. The van der Waals surface area contributed by atoms with Gasteiger partial charge >= 0.3 is 0 Å². The quantitative estimate of drug-likeness (QED) is 0.838. The van der Waals surface area contributed by atoms with Gasteiger partial charge in [0.2, 0.25) is 0 Å². The molecule has 0 saturated carbocycles. The van der Waals surface area contributed by atoms with Crippen LogP contribution in [-0.4, -0.2) is 13.2 Å². The van der Waals surface area contributed by atoms with Crippen LogP contribution in [0.15, 0.2) is 42.5 Å². The Morgan fingerprint density at radius 3 is 2.76 bits per heavy atom. The third-order valence-electron chi connectivity index (χ3n) is 3.77. The highest BCUT2D eigenvalue weighted by Gasteiger charge is 2.26. The molecule has 0 aromatic heterocycles. The summed E-state index contributed by atoms with van der Waals surface area (Å²) in [5, 5.41) is 8.95. The normalized spacial score (nSPS) is 15.5. The first kappa shape index (κ1) is 13.5. The smallest absolute Gasteiger partial charge is 0.162 e. The predicted octanol–water partition coefficient (Wildman–Crippen LogP) is 3.68. The van der Waals surface area contributed by atoms with Gasteiger partial charge in [-0.25, -0.2) is 0 Å². The van der Waals surface area contributed by atoms with Gasteiger partial charge in [-0.05, 0) is 36.6 Å². The van der Waals surface area contributed by atoms with Crippen LogP contribution in [0.1, 0.15) is 29.5 Å². The highest BCUT2D eigenvalue weighted by molar-refractivity contribution is 5.47. The first-order valence-corrected chi connectivity index (χ1v) is 7.19. The van der Waals surface area contributed by atoms with Gasteiger partial charge in [-0.1, -0.05) is 24.3 Å². The maximum absolute atomic E-state index is 8.95. The van der Waals surface area contributed by atoms with Crippen LogP contribution in [0.5, 0.6) is 11.5 Å². The van der Waals surface area contributed by atoms with Crippen molar-refractivity contribution in [1.82, 2.24) is 0 Å². The fraction of sp³-hybridized carbons (Fsp3) is 0.278. The van der Waals surface area contributed by atoms with Gasteiger partial charge in [-0.2, -0.15) is 5.26 Å². The number of rotatable bonds is 5. The van der Waals surface area contributed by atoms with Crippen molar-refractivity contribution in [3.8, 4) is 17.6 Å². The van der Waals surface area contributed by atoms with Crippen LogP contribution < -0.4 is 9.47 Å². The van der Waals surface area contributed by atoms with Crippen LogP contribution in [0.25, 0.3) is 0 Å². The van der Waals surface area contributed by atoms with Gasteiger partial charge in [-0.15, -0.1) is 0 Å². The Morgan fingerprint density at radius 1 is 1.14 bits per heavy atom. The van der Waals surface area contributed by atoms with Gasteiger partial charge in [0.05, 0.1) is 24.8 Å². The molecule has 3 heteroatoms. The zero-order valence-corrected chi connectivity index (χ0v) is 12.0. The summed E-state index contributed by atoms with van der Waals surface area (Å²) < 4.78 is 11.5. The molecule has 2 aromatic carbocycles. The molecule has 0 heterocycles. The maximum atomic E-state index is 8.95. The van der Waals surface area contributed by atoms with Crippen molar-refractivity contribution < 1.29 is 9.47 Å². The van der Waals surface area contributed by atoms with E-state index in [1.54, 1.807) is 12.1 Å². The molecule has 3 rings (SSSR count). The van der Waals surface area contributed by atoms with E-state index in [9.17, 15) is 0 Å². The topological polar surface area (TPSA) is 42.2 Å². The van der Waals surface area contributed by atoms with Crippen LogP contribution in [0, 0.1) is 11.3 Å². The molecule has 0 fully saturated rings. The number of benzene rings is 2. The van der Waals surface area contributed by atoms with Crippen molar-refractivity contribution in [3.05, 3.63) is 59.2 Å². The molecule has 1 atom stereocenters. The Morgan fingerprint density at radius 2 is 2.00 bits per heavy atom. The Labute approximate surface area is 124 Å². The molecule has 1 aliphatic rings. The lowest BCUT2D eigenvalue weighted by atomic mass is 9.78. The number of nitrogens with zero attached hydrogens (tertiary/aromatic N) is 1. The Hall–Kier alpha value is -2.47. The molecule has 0 bridgehead atoms. The molecular weight excluding hydrogens is 262 g/mol. The average molecular weight is 279 g/mol. The molecule has 0 aliphatic heterocycles. The Kier molecular flexibility index (Phi) is 3.79. The van der Waals surface area contributed by atoms with Gasteiger partial charge in [0.15, 0.2) is 11.5 Å². The second-order valence-electron chi connectivity index (χ2n) is 5.12. The summed E-state index contributed by atoms with van der Waals surface area (Å²) in [7, 11) is 0. The first-order valence-electron chi connectivity index (χ1n) is 7.19. The van der Waals surface area contributed by atoms with E-state index >= 15 is 0 Å². The van der Waals surface area contributed by atoms with Gasteiger partial charge in [0.1, 0.15) is 0 Å². The molecule has 1 aliphatic carbocycles. The molecule has 0 amide bonds. The zero-order chi connectivity index (χ0) is 14.7. The van der Waals surface area contributed by atoms with Crippen molar-refractivity contribution >= 4 is 0 Å². The van der Waals surface area contributed by atoms with E-state index in [4.69, 9.17) is 14.7 Å². The minimum Gasteiger partial charge on any atom is -0.490 e. The van der Waals surface area contributed by atoms with Crippen molar-refractivity contribution in [1.29, 1.82) is 5.26 Å². The number of fused-ring (bicyclic) bond motifs is 1. The molecule has 0 radical (unpaired) electrons. The highest BCUT2D eigenvalue weighted by Crippen LogP contribution is 2.36. The number of hydrogen-bond acceptors (Lipinski definition) is 3. The molecule has 1 unspecified atom stereocenters. The molecule has 21 heavy (non-hydrogen) atoms. The third kappa shape index (κ3) is 2.71. The summed E-state index contributed by atoms with van der Waals surface area (Å²) >= 11 is 0. The summed E-state index contributed by atoms with van der Waals surface area (Å²) in [4.78, 5) is 0. The SMILES string of the molecule is CCOc1cc(C#N)ccc1OCC1Cc2ccccc21. The van der Waals surface area contributed by atoms with Crippen molar-refractivity contribution in [2.75, 3.05) is 13.2 Å². The van der Waals surface area contributed by atoms with Crippen LogP contribution in [0.3, 0.4) is 0 Å². The molecule has 0 saturated heterocycles. The average Bonchev–Trinajstić information content (AvgIpc) is 2.49. The number of ether oxygens (including phenoxy) is 2. The standard InChI is InChI=1S/C18H17NO2/c1-2-20-18-9-13(11-19)7-8-17(18)21-12-15-10-14-5-3-4-6-16(14)15/h3-9,15H,2,10,12H2,1H3. The van der Waals surface area contributed by atoms with E-state index in [2.05, 4.69) is 30.3 Å². The van der Waals surface area contributed by atoms with Gasteiger partial charge in [0.25, 0.3) is 0 Å². The number of hydrogen-bond donors (Lipinski definition) is 0. The van der Waals surface area contributed by atoms with Crippen LogP contribution in [0.4, 0.5) is 0 Å². The molecule has 0 N–H and O–H groups in total. The first-order chi connectivity index (χ1) is 10.3.